The summed E-state index contributed by atoms with van der Waals surface area (Å²) in [7, 11) is -3.48. The SMILES string of the molecule is CC(=O)N1CCCc2cc(S(=O)(=O)NC(C)C)ccc21. The van der Waals surface area contributed by atoms with Crippen LogP contribution in [0.15, 0.2) is 23.1 Å². The lowest BCUT2D eigenvalue weighted by Gasteiger charge is -2.29. The molecule has 20 heavy (non-hydrogen) atoms. The van der Waals surface area contributed by atoms with E-state index in [9.17, 15) is 13.2 Å². The smallest absolute Gasteiger partial charge is 0.240 e. The van der Waals surface area contributed by atoms with Crippen molar-refractivity contribution in [3.8, 4) is 0 Å². The Morgan fingerprint density at radius 2 is 2.05 bits per heavy atom. The van der Waals surface area contributed by atoms with E-state index in [0.717, 1.165) is 24.1 Å². The van der Waals surface area contributed by atoms with Crippen molar-refractivity contribution in [1.29, 1.82) is 0 Å². The lowest BCUT2D eigenvalue weighted by Crippen LogP contribution is -2.34. The number of carbonyl (C=O) groups excluding carboxylic acids is 1. The molecular formula is C14H20N2O3S. The zero-order chi connectivity index (χ0) is 14.9. The second-order valence-corrected chi connectivity index (χ2v) is 7.05. The Hall–Kier alpha value is -1.40. The molecular weight excluding hydrogens is 276 g/mol. The molecule has 2 rings (SSSR count). The van der Waals surface area contributed by atoms with E-state index >= 15 is 0 Å². The van der Waals surface area contributed by atoms with Crippen LogP contribution in [0.1, 0.15) is 32.8 Å². The van der Waals surface area contributed by atoms with E-state index < -0.39 is 10.0 Å². The molecule has 0 saturated carbocycles. The molecule has 1 heterocycles. The van der Waals surface area contributed by atoms with Gasteiger partial charge in [-0.3, -0.25) is 4.79 Å². The minimum atomic E-state index is -3.48. The summed E-state index contributed by atoms with van der Waals surface area (Å²) in [5.41, 5.74) is 1.74. The molecule has 0 fully saturated rings. The zero-order valence-electron chi connectivity index (χ0n) is 12.0. The minimum absolute atomic E-state index is 0.0122. The number of hydrogen-bond acceptors (Lipinski definition) is 3. The number of aryl methyl sites for hydroxylation is 1. The molecule has 110 valence electrons. The van der Waals surface area contributed by atoms with Crippen LogP contribution in [-0.4, -0.2) is 26.9 Å². The molecule has 1 amide bonds. The highest BCUT2D eigenvalue weighted by Crippen LogP contribution is 2.29. The van der Waals surface area contributed by atoms with Gasteiger partial charge in [0.15, 0.2) is 0 Å². The van der Waals surface area contributed by atoms with Gasteiger partial charge in [-0.1, -0.05) is 0 Å². The topological polar surface area (TPSA) is 66.5 Å². The van der Waals surface area contributed by atoms with Gasteiger partial charge in [0.25, 0.3) is 0 Å². The van der Waals surface area contributed by atoms with Crippen molar-refractivity contribution in [3.05, 3.63) is 23.8 Å². The van der Waals surface area contributed by atoms with Crippen molar-refractivity contribution in [3.63, 3.8) is 0 Å². The molecule has 1 aliphatic rings. The van der Waals surface area contributed by atoms with Crippen LogP contribution in [0.25, 0.3) is 0 Å². The van der Waals surface area contributed by atoms with Gasteiger partial charge in [-0.15, -0.1) is 0 Å². The highest BCUT2D eigenvalue weighted by Gasteiger charge is 2.23. The molecule has 0 saturated heterocycles. The summed E-state index contributed by atoms with van der Waals surface area (Å²) in [4.78, 5) is 13.5. The van der Waals surface area contributed by atoms with Crippen LogP contribution in [0.4, 0.5) is 5.69 Å². The van der Waals surface area contributed by atoms with E-state index in [0.29, 0.717) is 6.54 Å². The van der Waals surface area contributed by atoms with E-state index in [-0.39, 0.29) is 16.8 Å². The Kier molecular flexibility index (Phi) is 4.15. The Bertz CT molecular complexity index is 623. The fourth-order valence-corrected chi connectivity index (χ4v) is 3.75. The van der Waals surface area contributed by atoms with Crippen molar-refractivity contribution in [2.75, 3.05) is 11.4 Å². The van der Waals surface area contributed by atoms with Crippen molar-refractivity contribution >= 4 is 21.6 Å². The van der Waals surface area contributed by atoms with Gasteiger partial charge in [0.1, 0.15) is 0 Å². The summed E-state index contributed by atoms with van der Waals surface area (Å²) >= 11 is 0. The zero-order valence-corrected chi connectivity index (χ0v) is 12.8. The summed E-state index contributed by atoms with van der Waals surface area (Å²) in [6.45, 7) is 5.79. The number of fused-ring (bicyclic) bond motifs is 1. The molecule has 1 aromatic rings. The molecule has 0 aliphatic carbocycles. The Balaban J connectivity index is 2.40. The van der Waals surface area contributed by atoms with Gasteiger partial charge < -0.3 is 4.90 Å². The average Bonchev–Trinajstić information content (AvgIpc) is 2.35. The van der Waals surface area contributed by atoms with Crippen molar-refractivity contribution in [2.24, 2.45) is 0 Å². The third kappa shape index (κ3) is 3.02. The monoisotopic (exact) mass is 296 g/mol. The van der Waals surface area contributed by atoms with E-state index in [1.54, 1.807) is 36.9 Å². The first-order chi connectivity index (χ1) is 9.31. The normalized spacial score (nSPS) is 15.3. The number of hydrogen-bond donors (Lipinski definition) is 1. The number of nitrogens with zero attached hydrogens (tertiary/aromatic N) is 1. The van der Waals surface area contributed by atoms with E-state index in [4.69, 9.17) is 0 Å². The van der Waals surface area contributed by atoms with Gasteiger partial charge in [-0.25, -0.2) is 13.1 Å². The van der Waals surface area contributed by atoms with Gasteiger partial charge in [-0.2, -0.15) is 0 Å². The molecule has 0 unspecified atom stereocenters. The Labute approximate surface area is 120 Å². The predicted molar refractivity (Wildman–Crippen MR) is 78.2 cm³/mol. The number of amides is 1. The molecule has 1 aliphatic heterocycles. The summed E-state index contributed by atoms with van der Waals surface area (Å²) in [6, 6.07) is 4.81. The van der Waals surface area contributed by atoms with Gasteiger partial charge in [0.05, 0.1) is 4.90 Å². The number of rotatable bonds is 3. The van der Waals surface area contributed by atoms with Gasteiger partial charge in [0, 0.05) is 25.2 Å². The minimum Gasteiger partial charge on any atom is -0.312 e. The first kappa shape index (κ1) is 15.0. The fraction of sp³-hybridized carbons (Fsp3) is 0.500. The van der Waals surface area contributed by atoms with Crippen LogP contribution in [0, 0.1) is 0 Å². The lowest BCUT2D eigenvalue weighted by molar-refractivity contribution is -0.116. The van der Waals surface area contributed by atoms with E-state index in [1.165, 1.54) is 6.92 Å². The standard InChI is InChI=1S/C14H20N2O3S/c1-10(2)15-20(18,19)13-6-7-14-12(9-13)5-4-8-16(14)11(3)17/h6-7,9-10,15H,4-5,8H2,1-3H3. The maximum absolute atomic E-state index is 12.2. The summed E-state index contributed by atoms with van der Waals surface area (Å²) in [5.74, 6) is -0.0122. The van der Waals surface area contributed by atoms with Gasteiger partial charge in [-0.05, 0) is 50.5 Å². The van der Waals surface area contributed by atoms with Crippen LogP contribution in [0.3, 0.4) is 0 Å². The summed E-state index contributed by atoms with van der Waals surface area (Å²) in [5, 5.41) is 0. The first-order valence-corrected chi connectivity index (χ1v) is 8.23. The molecule has 0 bridgehead atoms. The van der Waals surface area contributed by atoms with Crippen LogP contribution in [0.2, 0.25) is 0 Å². The Morgan fingerprint density at radius 1 is 1.35 bits per heavy atom. The molecule has 0 spiro atoms. The molecule has 5 nitrogen and oxygen atoms in total. The summed E-state index contributed by atoms with van der Waals surface area (Å²) < 4.78 is 26.9. The quantitative estimate of drug-likeness (QED) is 0.922. The largest absolute Gasteiger partial charge is 0.312 e. The van der Waals surface area contributed by atoms with Crippen LogP contribution in [-0.2, 0) is 21.2 Å². The van der Waals surface area contributed by atoms with Gasteiger partial charge >= 0.3 is 0 Å². The van der Waals surface area contributed by atoms with Crippen molar-refractivity contribution in [2.45, 2.75) is 44.6 Å². The van der Waals surface area contributed by atoms with Crippen molar-refractivity contribution < 1.29 is 13.2 Å². The number of anilines is 1. The van der Waals surface area contributed by atoms with Gasteiger partial charge in [0.2, 0.25) is 15.9 Å². The lowest BCUT2D eigenvalue weighted by atomic mass is 10.0. The number of carbonyl (C=O) groups is 1. The van der Waals surface area contributed by atoms with Crippen molar-refractivity contribution in [1.82, 2.24) is 4.72 Å². The summed E-state index contributed by atoms with van der Waals surface area (Å²) in [6.07, 6.45) is 1.65. The molecule has 1 aromatic carbocycles. The number of sulfonamides is 1. The fourth-order valence-electron chi connectivity index (χ4n) is 2.45. The van der Waals surface area contributed by atoms with E-state index in [2.05, 4.69) is 4.72 Å². The third-order valence-electron chi connectivity index (χ3n) is 3.25. The first-order valence-electron chi connectivity index (χ1n) is 6.74. The van der Waals surface area contributed by atoms with Crippen LogP contribution in [0.5, 0.6) is 0 Å². The number of benzene rings is 1. The molecule has 1 N–H and O–H groups in total. The molecule has 0 radical (unpaired) electrons. The maximum Gasteiger partial charge on any atom is 0.240 e. The predicted octanol–water partition coefficient (Wildman–Crippen LogP) is 1.67. The van der Waals surface area contributed by atoms with Crippen LogP contribution < -0.4 is 9.62 Å². The second kappa shape index (κ2) is 5.54. The molecule has 0 aromatic heterocycles. The highest BCUT2D eigenvalue weighted by atomic mass is 32.2. The molecule has 6 heteroatoms. The third-order valence-corrected chi connectivity index (χ3v) is 4.91. The maximum atomic E-state index is 12.2. The number of nitrogens with one attached hydrogen (secondary N) is 1. The molecule has 0 atom stereocenters. The highest BCUT2D eigenvalue weighted by molar-refractivity contribution is 7.89. The van der Waals surface area contributed by atoms with Crippen LogP contribution >= 0.6 is 0 Å². The Morgan fingerprint density at radius 3 is 2.65 bits per heavy atom. The van der Waals surface area contributed by atoms with E-state index in [1.807, 2.05) is 0 Å². The average molecular weight is 296 g/mol. The second-order valence-electron chi connectivity index (χ2n) is 5.34.